The molecule has 2 aromatic heterocycles. The van der Waals surface area contributed by atoms with Crippen LogP contribution in [0.2, 0.25) is 0 Å². The van der Waals surface area contributed by atoms with Gasteiger partial charge in [-0.15, -0.1) is 0 Å². The molecule has 0 amide bonds. The molecule has 0 spiro atoms. The van der Waals surface area contributed by atoms with Crippen LogP contribution in [0.5, 0.6) is 0 Å². The number of hydrogen-bond donors (Lipinski definition) is 0. The fraction of sp³-hybridized carbons (Fsp3) is 0.208. The summed E-state index contributed by atoms with van der Waals surface area (Å²) in [5.41, 5.74) is 10.2. The van der Waals surface area contributed by atoms with Crippen LogP contribution in [0.15, 0.2) is 133 Å². The van der Waals surface area contributed by atoms with E-state index < -0.39 is 0 Å². The Bertz CT molecular complexity index is 2520. The number of aromatic nitrogens is 2. The third kappa shape index (κ3) is 4.46. The number of fused-ring (bicyclic) bond motifs is 8. The summed E-state index contributed by atoms with van der Waals surface area (Å²) in [5, 5.41) is 10.3. The Hall–Kier alpha value is -5.74. The average molecular weight is 675 g/mol. The van der Waals surface area contributed by atoms with E-state index in [1.165, 1.54) is 126 Å². The molecule has 0 atom stereocenters. The lowest BCUT2D eigenvalue weighted by molar-refractivity contribution is 0.578. The molecule has 0 saturated carbocycles. The van der Waals surface area contributed by atoms with Gasteiger partial charge < -0.3 is 18.9 Å². The van der Waals surface area contributed by atoms with E-state index in [2.05, 4.69) is 152 Å². The number of piperidine rings is 2. The molecule has 11 rings (SSSR count). The molecule has 0 radical (unpaired) electrons. The molecule has 9 aromatic rings. The molecule has 4 heteroatoms. The van der Waals surface area contributed by atoms with Gasteiger partial charge in [-0.1, -0.05) is 84.9 Å². The molecule has 0 aliphatic carbocycles. The molecule has 0 unspecified atom stereocenters. The van der Waals surface area contributed by atoms with Crippen molar-refractivity contribution < 1.29 is 0 Å². The van der Waals surface area contributed by atoms with Crippen molar-refractivity contribution >= 4 is 76.5 Å². The van der Waals surface area contributed by atoms with Crippen molar-refractivity contribution in [2.75, 3.05) is 36.0 Å². The lowest BCUT2D eigenvalue weighted by Gasteiger charge is -2.31. The molecule has 2 fully saturated rings. The molecule has 0 bridgehead atoms. The van der Waals surface area contributed by atoms with Crippen LogP contribution in [0.4, 0.5) is 11.4 Å². The van der Waals surface area contributed by atoms with Gasteiger partial charge in [0, 0.05) is 80.6 Å². The van der Waals surface area contributed by atoms with Crippen molar-refractivity contribution in [2.45, 2.75) is 38.5 Å². The zero-order valence-electron chi connectivity index (χ0n) is 29.6. The normalized spacial score (nSPS) is 15.6. The van der Waals surface area contributed by atoms with E-state index in [9.17, 15) is 0 Å². The molecule has 4 heterocycles. The molecule has 4 nitrogen and oxygen atoms in total. The smallest absolute Gasteiger partial charge is 0.0621 e. The predicted molar refractivity (Wildman–Crippen MR) is 222 cm³/mol. The second kappa shape index (κ2) is 11.9. The van der Waals surface area contributed by atoms with Gasteiger partial charge in [0.1, 0.15) is 0 Å². The van der Waals surface area contributed by atoms with E-state index in [0.29, 0.717) is 0 Å². The van der Waals surface area contributed by atoms with Gasteiger partial charge in [-0.05, 0) is 87.1 Å². The highest BCUT2D eigenvalue weighted by molar-refractivity contribution is 6.21. The molecule has 2 aliphatic rings. The Labute approximate surface area is 304 Å². The van der Waals surface area contributed by atoms with E-state index in [1.54, 1.807) is 0 Å². The monoisotopic (exact) mass is 674 g/mol. The van der Waals surface area contributed by atoms with E-state index in [0.717, 1.165) is 26.2 Å². The minimum absolute atomic E-state index is 1.11. The van der Waals surface area contributed by atoms with E-state index >= 15 is 0 Å². The first-order valence-corrected chi connectivity index (χ1v) is 19.3. The third-order valence-electron chi connectivity index (χ3n) is 12.1. The zero-order chi connectivity index (χ0) is 34.2. The molecule has 2 saturated heterocycles. The van der Waals surface area contributed by atoms with Gasteiger partial charge in [-0.2, -0.15) is 0 Å². The first kappa shape index (κ1) is 29.9. The Balaban J connectivity index is 1.35. The number of rotatable bonds is 4. The van der Waals surface area contributed by atoms with Crippen LogP contribution >= 0.6 is 0 Å². The van der Waals surface area contributed by atoms with Crippen LogP contribution in [0.25, 0.3) is 76.5 Å². The van der Waals surface area contributed by atoms with Crippen LogP contribution in [0, 0.1) is 0 Å². The van der Waals surface area contributed by atoms with Crippen molar-refractivity contribution in [2.24, 2.45) is 0 Å². The van der Waals surface area contributed by atoms with Gasteiger partial charge in [0.25, 0.3) is 0 Å². The highest BCUT2D eigenvalue weighted by atomic mass is 15.1. The Morgan fingerprint density at radius 3 is 0.962 bits per heavy atom. The van der Waals surface area contributed by atoms with E-state index in [1.807, 2.05) is 0 Å². The van der Waals surface area contributed by atoms with Crippen LogP contribution in [-0.4, -0.2) is 35.3 Å². The number of para-hydroxylation sites is 4. The zero-order valence-corrected chi connectivity index (χ0v) is 29.6. The fourth-order valence-electron chi connectivity index (χ4n) is 9.67. The van der Waals surface area contributed by atoms with Gasteiger partial charge in [0.2, 0.25) is 0 Å². The molecule has 0 N–H and O–H groups in total. The summed E-state index contributed by atoms with van der Waals surface area (Å²) in [5.74, 6) is 0. The van der Waals surface area contributed by atoms with Crippen LogP contribution < -0.4 is 9.80 Å². The number of nitrogens with zero attached hydrogens (tertiary/aromatic N) is 4. The maximum Gasteiger partial charge on any atom is 0.0621 e. The lowest BCUT2D eigenvalue weighted by Crippen LogP contribution is -2.29. The lowest BCUT2D eigenvalue weighted by atomic mass is 9.95. The summed E-state index contributed by atoms with van der Waals surface area (Å²) in [7, 11) is 0. The van der Waals surface area contributed by atoms with Crippen LogP contribution in [0.3, 0.4) is 0 Å². The summed E-state index contributed by atoms with van der Waals surface area (Å²) < 4.78 is 5.15. The maximum absolute atomic E-state index is 2.61. The van der Waals surface area contributed by atoms with Crippen molar-refractivity contribution in [1.29, 1.82) is 0 Å². The molecule has 254 valence electrons. The Morgan fingerprint density at radius 2 is 0.615 bits per heavy atom. The van der Waals surface area contributed by atoms with Crippen molar-refractivity contribution in [1.82, 2.24) is 9.13 Å². The topological polar surface area (TPSA) is 16.3 Å². The second-order valence-corrected chi connectivity index (χ2v) is 15.0. The first-order chi connectivity index (χ1) is 25.8. The van der Waals surface area contributed by atoms with Crippen molar-refractivity contribution in [3.8, 4) is 11.4 Å². The van der Waals surface area contributed by atoms with Gasteiger partial charge in [0.05, 0.1) is 33.4 Å². The highest BCUT2D eigenvalue weighted by Crippen LogP contribution is 2.46. The number of anilines is 2. The van der Waals surface area contributed by atoms with Gasteiger partial charge in [0.15, 0.2) is 0 Å². The summed E-state index contributed by atoms with van der Waals surface area (Å²) in [6, 6.07) is 50.7. The van der Waals surface area contributed by atoms with Crippen LogP contribution in [0.1, 0.15) is 38.5 Å². The fourth-order valence-corrected chi connectivity index (χ4v) is 9.67. The van der Waals surface area contributed by atoms with Crippen molar-refractivity contribution in [3.05, 3.63) is 133 Å². The standard InChI is InChI=1S/C48H42N4/c1-11-27-49(28-12-1)33-23-25-39-41(31-33)47(51-43-19-7-3-15-35(43)36-16-4-8-20-44(36)51)40-26-24-34(50-29-13-2-14-30-50)32-42(40)48(39)52-45-21-9-5-17-37(45)38-18-6-10-22-46(38)52/h3-10,15-26,31-32H,1-2,11-14,27-30H2. The largest absolute Gasteiger partial charge is 0.372 e. The maximum atomic E-state index is 2.61. The molecule has 52 heavy (non-hydrogen) atoms. The summed E-state index contributed by atoms with van der Waals surface area (Å²) in [6.07, 6.45) is 7.64. The second-order valence-electron chi connectivity index (χ2n) is 15.0. The molecule has 7 aromatic carbocycles. The highest BCUT2D eigenvalue weighted by Gasteiger charge is 2.25. The van der Waals surface area contributed by atoms with Crippen molar-refractivity contribution in [3.63, 3.8) is 0 Å². The third-order valence-corrected chi connectivity index (χ3v) is 12.1. The van der Waals surface area contributed by atoms with Crippen LogP contribution in [-0.2, 0) is 0 Å². The number of hydrogen-bond acceptors (Lipinski definition) is 2. The average Bonchev–Trinajstić information content (AvgIpc) is 3.73. The first-order valence-electron chi connectivity index (χ1n) is 19.3. The van der Waals surface area contributed by atoms with Gasteiger partial charge >= 0.3 is 0 Å². The summed E-state index contributed by atoms with van der Waals surface area (Å²) >= 11 is 0. The minimum atomic E-state index is 1.11. The number of benzene rings is 7. The SMILES string of the molecule is c1ccc2c(c1)c1ccccc1n2-c1c2ccc(N3CCCCC3)cc2c(-n2c3ccccc3c3ccccc32)c2ccc(N3CCCCC3)cc12. The quantitative estimate of drug-likeness (QED) is 0.173. The molecular weight excluding hydrogens is 633 g/mol. The predicted octanol–water partition coefficient (Wildman–Crippen LogP) is 12.2. The van der Waals surface area contributed by atoms with E-state index in [4.69, 9.17) is 0 Å². The van der Waals surface area contributed by atoms with E-state index in [-0.39, 0.29) is 0 Å². The summed E-state index contributed by atoms with van der Waals surface area (Å²) in [4.78, 5) is 5.23. The van der Waals surface area contributed by atoms with Gasteiger partial charge in [-0.25, -0.2) is 0 Å². The molecular formula is C48H42N4. The Morgan fingerprint density at radius 1 is 0.288 bits per heavy atom. The minimum Gasteiger partial charge on any atom is -0.372 e. The van der Waals surface area contributed by atoms with Gasteiger partial charge in [-0.3, -0.25) is 0 Å². The Kier molecular flexibility index (Phi) is 6.86. The summed E-state index contributed by atoms with van der Waals surface area (Å²) in [6.45, 7) is 4.46. The molecule has 2 aliphatic heterocycles.